The third-order valence-electron chi connectivity index (χ3n) is 4.47. The minimum absolute atomic E-state index is 0.203. The number of sulfonamides is 1. The van der Waals surface area contributed by atoms with Crippen molar-refractivity contribution in [3.05, 3.63) is 59.4 Å². The summed E-state index contributed by atoms with van der Waals surface area (Å²) in [4.78, 5) is 7.17. The largest absolute Gasteiger partial charge is 0.290 e. The van der Waals surface area contributed by atoms with E-state index in [-0.39, 0.29) is 6.04 Å². The zero-order valence-electron chi connectivity index (χ0n) is 13.4. The average molecular weight is 331 g/mol. The Bertz CT molecular complexity index is 791. The van der Waals surface area contributed by atoms with Crippen LogP contribution in [0.1, 0.15) is 29.8 Å². The molecule has 3 rings (SSSR count). The van der Waals surface area contributed by atoms with Crippen LogP contribution in [-0.2, 0) is 23.0 Å². The molecule has 0 fully saturated rings. The van der Waals surface area contributed by atoms with Crippen LogP contribution in [0, 0.1) is 0 Å². The molecule has 0 spiro atoms. The van der Waals surface area contributed by atoms with Crippen molar-refractivity contribution in [2.75, 3.05) is 13.6 Å². The van der Waals surface area contributed by atoms with E-state index in [0.717, 1.165) is 36.3 Å². The summed E-state index contributed by atoms with van der Waals surface area (Å²) >= 11 is 0. The maximum Gasteiger partial charge on any atom is 0.240 e. The van der Waals surface area contributed by atoms with Gasteiger partial charge in [0.1, 0.15) is 0 Å². The third kappa shape index (κ3) is 3.15. The van der Waals surface area contributed by atoms with E-state index in [1.165, 1.54) is 7.05 Å². The van der Waals surface area contributed by atoms with Crippen molar-refractivity contribution in [3.8, 4) is 0 Å². The molecule has 2 heterocycles. The summed E-state index contributed by atoms with van der Waals surface area (Å²) in [6.45, 7) is 3.70. The van der Waals surface area contributed by atoms with Gasteiger partial charge in [0.05, 0.1) is 10.6 Å². The molecule has 1 N–H and O–H groups in total. The molecule has 1 aliphatic rings. The number of hydrogen-bond acceptors (Lipinski definition) is 4. The monoisotopic (exact) mass is 331 g/mol. The van der Waals surface area contributed by atoms with E-state index in [1.807, 2.05) is 30.3 Å². The molecular weight excluding hydrogens is 310 g/mol. The number of fused-ring (bicyclic) bond motifs is 1. The number of benzene rings is 1. The highest BCUT2D eigenvalue weighted by molar-refractivity contribution is 7.89. The Kier molecular flexibility index (Phi) is 4.48. The van der Waals surface area contributed by atoms with Gasteiger partial charge in [0.15, 0.2) is 0 Å². The lowest BCUT2D eigenvalue weighted by molar-refractivity contribution is 0.188. The van der Waals surface area contributed by atoms with Gasteiger partial charge in [-0.2, -0.15) is 0 Å². The normalized spacial score (nSPS) is 16.8. The highest BCUT2D eigenvalue weighted by Crippen LogP contribution is 2.30. The number of nitrogens with one attached hydrogen (secondary N) is 1. The molecule has 2 aromatic rings. The Balaban J connectivity index is 1.89. The predicted molar refractivity (Wildman–Crippen MR) is 89.5 cm³/mol. The fraction of sp³-hybridized carbons (Fsp3) is 0.353. The maximum atomic E-state index is 12.2. The topological polar surface area (TPSA) is 62.3 Å². The Morgan fingerprint density at radius 3 is 2.74 bits per heavy atom. The van der Waals surface area contributed by atoms with Crippen LogP contribution in [0.2, 0.25) is 0 Å². The van der Waals surface area contributed by atoms with Crippen molar-refractivity contribution in [2.24, 2.45) is 0 Å². The van der Waals surface area contributed by atoms with Gasteiger partial charge in [-0.1, -0.05) is 18.2 Å². The zero-order valence-corrected chi connectivity index (χ0v) is 14.2. The smallest absolute Gasteiger partial charge is 0.240 e. The summed E-state index contributed by atoms with van der Waals surface area (Å²) in [6.07, 6.45) is 2.53. The molecule has 0 aliphatic carbocycles. The summed E-state index contributed by atoms with van der Waals surface area (Å²) in [5, 5.41) is 0. The van der Waals surface area contributed by atoms with Crippen LogP contribution < -0.4 is 4.72 Å². The van der Waals surface area contributed by atoms with Gasteiger partial charge in [-0.15, -0.1) is 0 Å². The van der Waals surface area contributed by atoms with E-state index in [2.05, 4.69) is 21.5 Å². The second-order valence-corrected chi connectivity index (χ2v) is 7.61. The molecular formula is C17H21N3O2S. The van der Waals surface area contributed by atoms with Crippen molar-refractivity contribution in [3.63, 3.8) is 0 Å². The Morgan fingerprint density at radius 1 is 1.22 bits per heavy atom. The van der Waals surface area contributed by atoms with Gasteiger partial charge >= 0.3 is 0 Å². The molecule has 1 aliphatic heterocycles. The van der Waals surface area contributed by atoms with Crippen molar-refractivity contribution in [2.45, 2.75) is 30.8 Å². The molecule has 0 unspecified atom stereocenters. The first-order chi connectivity index (χ1) is 11.0. The molecule has 1 aromatic heterocycles. The Hall–Kier alpha value is -1.76. The lowest BCUT2D eigenvalue weighted by Crippen LogP contribution is -2.34. The molecule has 23 heavy (non-hydrogen) atoms. The number of pyridine rings is 1. The van der Waals surface area contributed by atoms with Crippen LogP contribution in [0.25, 0.3) is 0 Å². The van der Waals surface area contributed by atoms with E-state index >= 15 is 0 Å². The fourth-order valence-electron chi connectivity index (χ4n) is 3.10. The quantitative estimate of drug-likeness (QED) is 0.932. The standard InChI is InChI=1S/C17H21N3O2S/c1-13(16-7-3-4-10-19-16)20-11-9-15-14(12-20)6-5-8-17(15)23(21,22)18-2/h3-8,10,13,18H,9,11-12H2,1-2H3/t13-/m1/s1. The van der Waals surface area contributed by atoms with E-state index in [9.17, 15) is 8.42 Å². The number of nitrogens with zero attached hydrogens (tertiary/aromatic N) is 2. The predicted octanol–water partition coefficient (Wildman–Crippen LogP) is 2.11. The molecule has 0 saturated carbocycles. The van der Waals surface area contributed by atoms with Crippen LogP contribution in [0.3, 0.4) is 0 Å². The van der Waals surface area contributed by atoms with Crippen molar-refractivity contribution in [1.29, 1.82) is 0 Å². The lowest BCUT2D eigenvalue weighted by atomic mass is 9.98. The number of hydrogen-bond donors (Lipinski definition) is 1. The maximum absolute atomic E-state index is 12.2. The molecule has 5 nitrogen and oxygen atoms in total. The third-order valence-corrected chi connectivity index (χ3v) is 5.97. The highest BCUT2D eigenvalue weighted by atomic mass is 32.2. The van der Waals surface area contributed by atoms with Crippen LogP contribution in [0.4, 0.5) is 0 Å². The molecule has 0 bridgehead atoms. The number of rotatable bonds is 4. The molecule has 1 atom stereocenters. The average Bonchev–Trinajstić information content (AvgIpc) is 2.60. The molecule has 0 radical (unpaired) electrons. The summed E-state index contributed by atoms with van der Waals surface area (Å²) in [5.74, 6) is 0. The summed E-state index contributed by atoms with van der Waals surface area (Å²) in [7, 11) is -1.96. The second kappa shape index (κ2) is 6.39. The number of aromatic nitrogens is 1. The first-order valence-electron chi connectivity index (χ1n) is 7.72. The first-order valence-corrected chi connectivity index (χ1v) is 9.20. The lowest BCUT2D eigenvalue weighted by Gasteiger charge is -2.34. The molecule has 1 aromatic carbocycles. The van der Waals surface area contributed by atoms with Gasteiger partial charge in [-0.3, -0.25) is 9.88 Å². The minimum Gasteiger partial charge on any atom is -0.290 e. The van der Waals surface area contributed by atoms with Crippen LogP contribution >= 0.6 is 0 Å². The van der Waals surface area contributed by atoms with E-state index in [0.29, 0.717) is 4.90 Å². The van der Waals surface area contributed by atoms with Gasteiger partial charge in [0.25, 0.3) is 0 Å². The zero-order chi connectivity index (χ0) is 16.4. The van der Waals surface area contributed by atoms with Crippen LogP contribution in [0.5, 0.6) is 0 Å². The highest BCUT2D eigenvalue weighted by Gasteiger charge is 2.26. The molecule has 6 heteroatoms. The van der Waals surface area contributed by atoms with E-state index < -0.39 is 10.0 Å². The molecule has 0 amide bonds. The molecule has 122 valence electrons. The minimum atomic E-state index is -3.41. The molecule has 0 saturated heterocycles. The second-order valence-electron chi connectivity index (χ2n) is 5.75. The Labute approximate surface area is 137 Å². The fourth-order valence-corrected chi connectivity index (χ4v) is 4.13. The SMILES string of the molecule is CNS(=O)(=O)c1cccc2c1CCN([C@H](C)c1ccccn1)C2. The van der Waals surface area contributed by atoms with Crippen molar-refractivity contribution >= 4 is 10.0 Å². The van der Waals surface area contributed by atoms with Gasteiger partial charge in [0.2, 0.25) is 10.0 Å². The first kappa shape index (κ1) is 16.1. The van der Waals surface area contributed by atoms with Gasteiger partial charge < -0.3 is 0 Å². The van der Waals surface area contributed by atoms with E-state index in [1.54, 1.807) is 12.3 Å². The van der Waals surface area contributed by atoms with Crippen molar-refractivity contribution in [1.82, 2.24) is 14.6 Å². The van der Waals surface area contributed by atoms with Gasteiger partial charge in [0, 0.05) is 25.3 Å². The summed E-state index contributed by atoms with van der Waals surface area (Å²) in [6, 6.07) is 11.7. The summed E-state index contributed by atoms with van der Waals surface area (Å²) < 4.78 is 26.8. The van der Waals surface area contributed by atoms with Gasteiger partial charge in [-0.25, -0.2) is 13.1 Å². The van der Waals surface area contributed by atoms with E-state index in [4.69, 9.17) is 0 Å². The van der Waals surface area contributed by atoms with Crippen LogP contribution in [0.15, 0.2) is 47.5 Å². The van der Waals surface area contributed by atoms with Crippen LogP contribution in [-0.4, -0.2) is 31.9 Å². The van der Waals surface area contributed by atoms with Crippen molar-refractivity contribution < 1.29 is 8.42 Å². The Morgan fingerprint density at radius 2 is 2.04 bits per heavy atom. The van der Waals surface area contributed by atoms with Gasteiger partial charge in [-0.05, 0) is 49.7 Å². The summed E-state index contributed by atoms with van der Waals surface area (Å²) in [5.41, 5.74) is 3.05.